The van der Waals surface area contributed by atoms with Gasteiger partial charge in [-0.1, -0.05) is 23.2 Å². The molecule has 2 rings (SSSR count). The van der Waals surface area contributed by atoms with E-state index < -0.39 is 42.2 Å². The number of hydrogen-bond donors (Lipinski definition) is 4. The first-order valence-corrected chi connectivity index (χ1v) is 7.12. The van der Waals surface area contributed by atoms with Crippen LogP contribution in [0.5, 0.6) is 5.75 Å². The maximum Gasteiger partial charge on any atom is 0.272 e. The SMILES string of the molecule is O=[N+]([O-])c1cc(Cl)c(O[C@@H]2O[C@H](CO)[C@H](O)[C@H](O)[C@H]2O)c(Cl)c1. The van der Waals surface area contributed by atoms with Crippen LogP contribution in [0.3, 0.4) is 0 Å². The van der Waals surface area contributed by atoms with Crippen LogP contribution in [0.25, 0.3) is 0 Å². The molecule has 11 heteroatoms. The summed E-state index contributed by atoms with van der Waals surface area (Å²) < 4.78 is 10.4. The number of nitro groups is 1. The minimum atomic E-state index is -1.66. The molecule has 5 atom stereocenters. The van der Waals surface area contributed by atoms with Crippen molar-refractivity contribution in [3.8, 4) is 5.75 Å². The molecule has 0 saturated carbocycles. The Labute approximate surface area is 139 Å². The van der Waals surface area contributed by atoms with Crippen molar-refractivity contribution in [2.24, 2.45) is 0 Å². The van der Waals surface area contributed by atoms with E-state index in [0.29, 0.717) is 0 Å². The lowest BCUT2D eigenvalue weighted by atomic mass is 9.99. The van der Waals surface area contributed by atoms with E-state index in [-0.39, 0.29) is 21.5 Å². The molecule has 1 heterocycles. The Kier molecular flexibility index (Phi) is 5.63. The number of aliphatic hydroxyl groups is 4. The molecule has 1 aliphatic rings. The summed E-state index contributed by atoms with van der Waals surface area (Å²) in [6.45, 7) is -0.632. The zero-order valence-electron chi connectivity index (χ0n) is 11.4. The monoisotopic (exact) mass is 369 g/mol. The van der Waals surface area contributed by atoms with Gasteiger partial charge in [0, 0.05) is 12.1 Å². The number of benzene rings is 1. The van der Waals surface area contributed by atoms with Crippen molar-refractivity contribution in [1.29, 1.82) is 0 Å². The predicted octanol–water partition coefficient (Wildman–Crippen LogP) is 0.0803. The van der Waals surface area contributed by atoms with Gasteiger partial charge in [-0.25, -0.2) is 0 Å². The van der Waals surface area contributed by atoms with Crippen molar-refractivity contribution in [2.45, 2.75) is 30.7 Å². The molecule has 1 aromatic rings. The topological polar surface area (TPSA) is 143 Å². The first-order valence-electron chi connectivity index (χ1n) is 6.37. The van der Waals surface area contributed by atoms with Gasteiger partial charge >= 0.3 is 0 Å². The number of aliphatic hydroxyl groups excluding tert-OH is 4. The van der Waals surface area contributed by atoms with Crippen LogP contribution in [0.4, 0.5) is 5.69 Å². The highest BCUT2D eigenvalue weighted by molar-refractivity contribution is 6.37. The van der Waals surface area contributed by atoms with Crippen LogP contribution < -0.4 is 4.74 Å². The molecule has 4 N–H and O–H groups in total. The summed E-state index contributed by atoms with van der Waals surface area (Å²) in [5.74, 6) is -0.205. The molecular formula is C12H13Cl2NO8. The minimum absolute atomic E-state index is 0.205. The Morgan fingerprint density at radius 2 is 1.74 bits per heavy atom. The highest BCUT2D eigenvalue weighted by Gasteiger charge is 2.45. The maximum atomic E-state index is 10.7. The van der Waals surface area contributed by atoms with E-state index in [9.17, 15) is 25.4 Å². The lowest BCUT2D eigenvalue weighted by Crippen LogP contribution is -2.60. The predicted molar refractivity (Wildman–Crippen MR) is 77.5 cm³/mol. The van der Waals surface area contributed by atoms with E-state index >= 15 is 0 Å². The molecule has 0 unspecified atom stereocenters. The van der Waals surface area contributed by atoms with Gasteiger partial charge in [0.1, 0.15) is 24.4 Å². The molecule has 0 spiro atoms. The third-order valence-electron chi connectivity index (χ3n) is 3.28. The zero-order valence-corrected chi connectivity index (χ0v) is 12.9. The molecule has 9 nitrogen and oxygen atoms in total. The van der Waals surface area contributed by atoms with Gasteiger partial charge in [0.15, 0.2) is 5.75 Å². The first-order chi connectivity index (χ1) is 10.8. The zero-order chi connectivity index (χ0) is 17.3. The average molecular weight is 370 g/mol. The van der Waals surface area contributed by atoms with E-state index in [0.717, 1.165) is 12.1 Å². The summed E-state index contributed by atoms with van der Waals surface area (Å²) in [7, 11) is 0. The third-order valence-corrected chi connectivity index (χ3v) is 3.84. The molecule has 0 aromatic heterocycles. The molecule has 0 aliphatic carbocycles. The summed E-state index contributed by atoms with van der Waals surface area (Å²) in [4.78, 5) is 10.0. The normalized spacial score (nSPS) is 31.0. The van der Waals surface area contributed by atoms with Crippen LogP contribution in [0.2, 0.25) is 10.0 Å². The Balaban J connectivity index is 2.26. The molecular weight excluding hydrogens is 357 g/mol. The Hall–Kier alpha value is -1.20. The molecule has 128 valence electrons. The second-order valence-electron chi connectivity index (χ2n) is 4.81. The number of ether oxygens (including phenoxy) is 2. The number of halogens is 2. The molecule has 0 bridgehead atoms. The van der Waals surface area contributed by atoms with Crippen molar-refractivity contribution in [3.05, 3.63) is 32.3 Å². The van der Waals surface area contributed by atoms with Crippen molar-refractivity contribution in [1.82, 2.24) is 0 Å². The van der Waals surface area contributed by atoms with E-state index in [2.05, 4.69) is 0 Å². The van der Waals surface area contributed by atoms with Gasteiger partial charge < -0.3 is 29.9 Å². The van der Waals surface area contributed by atoms with Gasteiger partial charge in [-0.3, -0.25) is 10.1 Å². The number of rotatable bonds is 4. The van der Waals surface area contributed by atoms with Crippen LogP contribution in [-0.2, 0) is 4.74 Å². The fourth-order valence-electron chi connectivity index (χ4n) is 2.05. The van der Waals surface area contributed by atoms with E-state index in [1.54, 1.807) is 0 Å². The molecule has 0 amide bonds. The van der Waals surface area contributed by atoms with Gasteiger partial charge in [0.2, 0.25) is 6.29 Å². The Morgan fingerprint density at radius 1 is 1.17 bits per heavy atom. The average Bonchev–Trinajstić information content (AvgIpc) is 2.50. The second kappa shape index (κ2) is 7.14. The molecule has 1 fully saturated rings. The summed E-state index contributed by atoms with van der Waals surface area (Å²) in [6, 6.07) is 1.99. The van der Waals surface area contributed by atoms with E-state index in [1.165, 1.54) is 0 Å². The van der Waals surface area contributed by atoms with E-state index in [4.69, 9.17) is 37.8 Å². The van der Waals surface area contributed by atoms with Gasteiger partial charge in [0.05, 0.1) is 21.6 Å². The van der Waals surface area contributed by atoms with Crippen LogP contribution in [0, 0.1) is 10.1 Å². The van der Waals surface area contributed by atoms with Crippen LogP contribution in [0.1, 0.15) is 0 Å². The van der Waals surface area contributed by atoms with Crippen LogP contribution in [-0.4, -0.2) is 62.7 Å². The standard InChI is InChI=1S/C12H13Cl2NO8/c13-5-1-4(15(20)21)2-6(14)11(5)23-12-10(19)9(18)8(17)7(3-16)22-12/h1-2,7-10,12,16-19H,3H2/t7-,8+,9+,10-,12+/m1/s1. The number of nitrogens with zero attached hydrogens (tertiary/aromatic N) is 1. The summed E-state index contributed by atoms with van der Waals surface area (Å²) in [6.07, 6.45) is -7.51. The molecule has 1 aliphatic heterocycles. The summed E-state index contributed by atoms with van der Waals surface area (Å²) >= 11 is 11.7. The van der Waals surface area contributed by atoms with Crippen LogP contribution >= 0.6 is 23.2 Å². The highest BCUT2D eigenvalue weighted by atomic mass is 35.5. The fourth-order valence-corrected chi connectivity index (χ4v) is 2.61. The first kappa shape index (κ1) is 18.1. The smallest absolute Gasteiger partial charge is 0.272 e. The van der Waals surface area contributed by atoms with Crippen molar-refractivity contribution in [3.63, 3.8) is 0 Å². The lowest BCUT2D eigenvalue weighted by molar-refractivity contribution is -0.384. The van der Waals surface area contributed by atoms with E-state index in [1.807, 2.05) is 0 Å². The molecule has 1 saturated heterocycles. The molecule has 1 aromatic carbocycles. The number of non-ortho nitro benzene ring substituents is 1. The van der Waals surface area contributed by atoms with Gasteiger partial charge in [-0.05, 0) is 0 Å². The third kappa shape index (κ3) is 3.66. The lowest BCUT2D eigenvalue weighted by Gasteiger charge is -2.39. The maximum absolute atomic E-state index is 10.7. The Morgan fingerprint density at radius 3 is 2.22 bits per heavy atom. The number of nitro benzene ring substituents is 1. The van der Waals surface area contributed by atoms with Gasteiger partial charge in [-0.2, -0.15) is 0 Å². The van der Waals surface area contributed by atoms with Crippen molar-refractivity contribution < 1.29 is 34.8 Å². The quantitative estimate of drug-likeness (QED) is 0.431. The summed E-state index contributed by atoms with van der Waals surface area (Å²) in [5.41, 5.74) is -0.360. The Bertz CT molecular complexity index is 575. The van der Waals surface area contributed by atoms with Crippen molar-refractivity contribution in [2.75, 3.05) is 6.61 Å². The molecule has 0 radical (unpaired) electrons. The summed E-state index contributed by atoms with van der Waals surface area (Å²) in [5, 5.41) is 48.6. The number of hydrogen-bond acceptors (Lipinski definition) is 8. The minimum Gasteiger partial charge on any atom is -0.459 e. The van der Waals surface area contributed by atoms with Crippen LogP contribution in [0.15, 0.2) is 12.1 Å². The highest BCUT2D eigenvalue weighted by Crippen LogP contribution is 2.38. The fraction of sp³-hybridized carbons (Fsp3) is 0.500. The largest absolute Gasteiger partial charge is 0.459 e. The van der Waals surface area contributed by atoms with Crippen molar-refractivity contribution >= 4 is 28.9 Å². The second-order valence-corrected chi connectivity index (χ2v) is 5.63. The van der Waals surface area contributed by atoms with Gasteiger partial charge in [0.25, 0.3) is 5.69 Å². The van der Waals surface area contributed by atoms with Gasteiger partial charge in [-0.15, -0.1) is 0 Å². The molecule has 23 heavy (non-hydrogen) atoms.